The van der Waals surface area contributed by atoms with Gasteiger partial charge in [-0.2, -0.15) is 0 Å². The minimum Gasteiger partial charge on any atom is -0.362 e. The minimum atomic E-state index is 1.05. The summed E-state index contributed by atoms with van der Waals surface area (Å²) >= 11 is 0. The fourth-order valence-electron chi connectivity index (χ4n) is 1.97. The van der Waals surface area contributed by atoms with Gasteiger partial charge in [0.25, 0.3) is 0 Å². The van der Waals surface area contributed by atoms with E-state index in [1.807, 2.05) is 6.21 Å². The molecule has 0 bridgehead atoms. The fourth-order valence-corrected chi connectivity index (χ4v) is 1.97. The van der Waals surface area contributed by atoms with E-state index >= 15 is 0 Å². The molecule has 0 saturated carbocycles. The van der Waals surface area contributed by atoms with Gasteiger partial charge in [-0.3, -0.25) is 4.99 Å². The molecule has 0 atom stereocenters. The van der Waals surface area contributed by atoms with Crippen molar-refractivity contribution in [2.24, 2.45) is 4.99 Å². The summed E-state index contributed by atoms with van der Waals surface area (Å²) < 4.78 is 0. The van der Waals surface area contributed by atoms with Gasteiger partial charge in [0.05, 0.1) is 5.69 Å². The zero-order valence-corrected chi connectivity index (χ0v) is 10.6. The Labute approximate surface area is 98.1 Å². The van der Waals surface area contributed by atoms with E-state index in [1.165, 1.54) is 22.3 Å². The molecule has 16 heavy (non-hydrogen) atoms. The van der Waals surface area contributed by atoms with Crippen molar-refractivity contribution in [1.82, 2.24) is 0 Å². The Balaban J connectivity index is 3.47. The van der Waals surface area contributed by atoms with Crippen molar-refractivity contribution in [2.45, 2.75) is 27.2 Å². The van der Waals surface area contributed by atoms with Gasteiger partial charge in [-0.1, -0.05) is 19.6 Å². The third-order valence-electron chi connectivity index (χ3n) is 2.83. The first-order valence-electron chi connectivity index (χ1n) is 5.58. The van der Waals surface area contributed by atoms with Crippen LogP contribution < -0.4 is 5.32 Å². The van der Waals surface area contributed by atoms with Crippen LogP contribution in [0.1, 0.15) is 29.2 Å². The van der Waals surface area contributed by atoms with Gasteiger partial charge in [0.2, 0.25) is 0 Å². The van der Waals surface area contributed by atoms with Crippen molar-refractivity contribution in [3.05, 3.63) is 41.1 Å². The highest BCUT2D eigenvalue weighted by molar-refractivity contribution is 5.91. The number of nitrogens with zero attached hydrogens (tertiary/aromatic N) is 1. The number of rotatable bonds is 4. The van der Waals surface area contributed by atoms with Crippen LogP contribution in [0.4, 0.5) is 5.69 Å². The van der Waals surface area contributed by atoms with Crippen molar-refractivity contribution in [1.29, 1.82) is 0 Å². The minimum absolute atomic E-state index is 1.05. The normalized spacial score (nSPS) is 10.8. The van der Waals surface area contributed by atoms with Crippen LogP contribution in [0, 0.1) is 13.8 Å². The number of hydrogen-bond donors (Lipinski definition) is 1. The number of anilines is 1. The smallest absolute Gasteiger partial charge is 0.0501 e. The van der Waals surface area contributed by atoms with E-state index in [4.69, 9.17) is 0 Å². The molecule has 0 heterocycles. The maximum absolute atomic E-state index is 4.13. The van der Waals surface area contributed by atoms with Crippen LogP contribution in [0.15, 0.2) is 23.8 Å². The molecular weight excluding hydrogens is 196 g/mol. The van der Waals surface area contributed by atoms with Crippen LogP contribution in [0.3, 0.4) is 0 Å². The van der Waals surface area contributed by atoms with Crippen LogP contribution in [-0.4, -0.2) is 13.3 Å². The topological polar surface area (TPSA) is 24.4 Å². The quantitative estimate of drug-likeness (QED) is 0.766. The van der Waals surface area contributed by atoms with Crippen LogP contribution in [0.25, 0.3) is 0 Å². The number of nitrogens with one attached hydrogen (secondary N) is 1. The fraction of sp³-hybridized carbons (Fsp3) is 0.357. The zero-order chi connectivity index (χ0) is 12.1. The van der Waals surface area contributed by atoms with Crippen molar-refractivity contribution in [3.63, 3.8) is 0 Å². The first-order chi connectivity index (χ1) is 7.65. The first-order valence-corrected chi connectivity index (χ1v) is 5.58. The van der Waals surface area contributed by atoms with E-state index in [0.29, 0.717) is 0 Å². The summed E-state index contributed by atoms with van der Waals surface area (Å²) in [5, 5.41) is 3.19. The third kappa shape index (κ3) is 2.32. The molecule has 0 radical (unpaired) electrons. The van der Waals surface area contributed by atoms with E-state index in [0.717, 1.165) is 12.1 Å². The number of aryl methyl sites for hydroxylation is 2. The van der Waals surface area contributed by atoms with Gasteiger partial charge in [-0.15, -0.1) is 0 Å². The van der Waals surface area contributed by atoms with E-state index < -0.39 is 0 Å². The van der Waals surface area contributed by atoms with Crippen molar-refractivity contribution >= 4 is 11.9 Å². The lowest BCUT2D eigenvalue weighted by Gasteiger charge is -2.15. The second-order valence-electron chi connectivity index (χ2n) is 3.86. The molecule has 2 heteroatoms. The maximum Gasteiger partial charge on any atom is 0.0501 e. The molecular formula is C14H20N2. The summed E-state index contributed by atoms with van der Waals surface area (Å²) in [5.41, 5.74) is 6.18. The van der Waals surface area contributed by atoms with Gasteiger partial charge in [0.1, 0.15) is 0 Å². The van der Waals surface area contributed by atoms with Crippen molar-refractivity contribution in [3.8, 4) is 0 Å². The molecule has 0 saturated heterocycles. The number of benzene rings is 1. The molecule has 1 N–H and O–H groups in total. The second-order valence-corrected chi connectivity index (χ2v) is 3.86. The van der Waals surface area contributed by atoms with Gasteiger partial charge in [-0.25, -0.2) is 0 Å². The molecule has 0 unspecified atom stereocenters. The molecule has 0 spiro atoms. The Morgan fingerprint density at radius 1 is 1.44 bits per heavy atom. The standard InChI is InChI=1S/C14H20N2/c1-6-12-8-10(3)14(16-7-2)13(9-15-5)11(12)4/h7-9,16H,2,6H2,1,3-5H3. The summed E-state index contributed by atoms with van der Waals surface area (Å²) in [7, 11) is 1.80. The van der Waals surface area contributed by atoms with Gasteiger partial charge in [0.15, 0.2) is 0 Å². The summed E-state index contributed by atoms with van der Waals surface area (Å²) in [4.78, 5) is 4.13. The molecule has 0 amide bonds. The van der Waals surface area contributed by atoms with Crippen LogP contribution in [0.2, 0.25) is 0 Å². The molecule has 1 aromatic rings. The van der Waals surface area contributed by atoms with Gasteiger partial charge < -0.3 is 5.32 Å². The molecule has 0 aromatic heterocycles. The molecule has 0 fully saturated rings. The van der Waals surface area contributed by atoms with Crippen molar-refractivity contribution in [2.75, 3.05) is 12.4 Å². The average molecular weight is 216 g/mol. The molecule has 1 aromatic carbocycles. The molecule has 2 nitrogen and oxygen atoms in total. The Morgan fingerprint density at radius 2 is 2.12 bits per heavy atom. The Bertz CT molecular complexity index is 417. The lowest BCUT2D eigenvalue weighted by molar-refractivity contribution is 1.10. The van der Waals surface area contributed by atoms with Crippen LogP contribution >= 0.6 is 0 Å². The van der Waals surface area contributed by atoms with Gasteiger partial charge in [-0.05, 0) is 43.2 Å². The van der Waals surface area contributed by atoms with Crippen LogP contribution in [0.5, 0.6) is 0 Å². The van der Waals surface area contributed by atoms with E-state index in [9.17, 15) is 0 Å². The molecule has 86 valence electrons. The molecule has 0 aliphatic heterocycles. The highest BCUT2D eigenvalue weighted by Gasteiger charge is 2.09. The molecule has 1 rings (SSSR count). The third-order valence-corrected chi connectivity index (χ3v) is 2.83. The maximum atomic E-state index is 4.13. The molecule has 0 aliphatic carbocycles. The van der Waals surface area contributed by atoms with E-state index in [2.05, 4.69) is 43.7 Å². The summed E-state index contributed by atoms with van der Waals surface area (Å²) in [6.07, 6.45) is 4.67. The van der Waals surface area contributed by atoms with Gasteiger partial charge in [0, 0.05) is 18.8 Å². The lowest BCUT2D eigenvalue weighted by atomic mass is 9.95. The van der Waals surface area contributed by atoms with E-state index in [-0.39, 0.29) is 0 Å². The van der Waals surface area contributed by atoms with Gasteiger partial charge >= 0.3 is 0 Å². The van der Waals surface area contributed by atoms with E-state index in [1.54, 1.807) is 13.2 Å². The first kappa shape index (κ1) is 12.5. The highest BCUT2D eigenvalue weighted by Crippen LogP contribution is 2.26. The monoisotopic (exact) mass is 216 g/mol. The average Bonchev–Trinajstić information content (AvgIpc) is 2.28. The Hall–Kier alpha value is -1.57. The zero-order valence-electron chi connectivity index (χ0n) is 10.6. The predicted octanol–water partition coefficient (Wildman–Crippen LogP) is 3.47. The number of aliphatic imine (C=N–C) groups is 1. The summed E-state index contributed by atoms with van der Waals surface area (Å²) in [6, 6.07) is 2.23. The Morgan fingerprint density at radius 3 is 2.62 bits per heavy atom. The largest absolute Gasteiger partial charge is 0.362 e. The highest BCUT2D eigenvalue weighted by atomic mass is 14.8. The van der Waals surface area contributed by atoms with Crippen molar-refractivity contribution < 1.29 is 0 Å². The predicted molar refractivity (Wildman–Crippen MR) is 72.6 cm³/mol. The lowest BCUT2D eigenvalue weighted by Crippen LogP contribution is -2.03. The van der Waals surface area contributed by atoms with Crippen LogP contribution in [-0.2, 0) is 6.42 Å². The number of hydrogen-bond acceptors (Lipinski definition) is 2. The SMILES string of the molecule is C=CNc1c(C)cc(CC)c(C)c1C=NC. The summed E-state index contributed by atoms with van der Waals surface area (Å²) in [6.45, 7) is 10.1. The molecule has 0 aliphatic rings. The Kier molecular flexibility index (Phi) is 4.29. The summed E-state index contributed by atoms with van der Waals surface area (Å²) in [5.74, 6) is 0. The second kappa shape index (κ2) is 5.50.